The SMILES string of the molecule is CC1(C)OCC([C@H](O)[C@@H]2OC(C)(C)OC2CO)O1. The van der Waals surface area contributed by atoms with Crippen LogP contribution in [-0.4, -0.2) is 59.4 Å². The van der Waals surface area contributed by atoms with E-state index in [-0.39, 0.29) is 6.61 Å². The van der Waals surface area contributed by atoms with E-state index in [1.807, 2.05) is 0 Å². The maximum Gasteiger partial charge on any atom is 0.164 e. The predicted molar refractivity (Wildman–Crippen MR) is 61.8 cm³/mol. The molecule has 2 aliphatic heterocycles. The van der Waals surface area contributed by atoms with Gasteiger partial charge in [-0.15, -0.1) is 0 Å². The zero-order valence-corrected chi connectivity index (χ0v) is 11.3. The van der Waals surface area contributed by atoms with Gasteiger partial charge in [0.05, 0.1) is 13.2 Å². The fraction of sp³-hybridized carbons (Fsp3) is 1.00. The maximum absolute atomic E-state index is 10.3. The van der Waals surface area contributed by atoms with Gasteiger partial charge in [0.2, 0.25) is 0 Å². The van der Waals surface area contributed by atoms with Gasteiger partial charge in [-0.25, -0.2) is 0 Å². The molecule has 2 fully saturated rings. The zero-order valence-electron chi connectivity index (χ0n) is 11.3. The molecule has 0 aromatic carbocycles. The largest absolute Gasteiger partial charge is 0.394 e. The van der Waals surface area contributed by atoms with Gasteiger partial charge >= 0.3 is 0 Å². The first-order valence-electron chi connectivity index (χ1n) is 6.20. The predicted octanol–water partition coefficient (Wildman–Crippen LogP) is 0.0112. The minimum atomic E-state index is -0.898. The third-order valence-corrected chi connectivity index (χ3v) is 3.15. The molecule has 2 rings (SSSR count). The summed E-state index contributed by atoms with van der Waals surface area (Å²) in [6.45, 7) is 7.17. The quantitative estimate of drug-likeness (QED) is 0.746. The molecule has 0 radical (unpaired) electrons. The zero-order chi connectivity index (χ0) is 13.6. The van der Waals surface area contributed by atoms with Crippen molar-refractivity contribution in [3.05, 3.63) is 0 Å². The molecule has 2 aliphatic rings. The molecular weight excluding hydrogens is 240 g/mol. The highest BCUT2D eigenvalue weighted by Crippen LogP contribution is 2.33. The molecule has 0 bridgehead atoms. The van der Waals surface area contributed by atoms with E-state index in [0.717, 1.165) is 0 Å². The van der Waals surface area contributed by atoms with Crippen molar-refractivity contribution in [1.29, 1.82) is 0 Å². The van der Waals surface area contributed by atoms with Gasteiger partial charge in [0.1, 0.15) is 24.4 Å². The number of ether oxygens (including phenoxy) is 4. The molecule has 0 aromatic rings. The van der Waals surface area contributed by atoms with Crippen LogP contribution in [0.3, 0.4) is 0 Å². The Hall–Kier alpha value is -0.240. The fourth-order valence-electron chi connectivity index (χ4n) is 2.39. The van der Waals surface area contributed by atoms with Crippen LogP contribution >= 0.6 is 0 Å². The lowest BCUT2D eigenvalue weighted by Crippen LogP contribution is -2.45. The van der Waals surface area contributed by atoms with E-state index in [9.17, 15) is 10.2 Å². The molecule has 0 saturated carbocycles. The number of rotatable bonds is 3. The third kappa shape index (κ3) is 2.84. The lowest BCUT2D eigenvalue weighted by atomic mass is 10.0. The van der Waals surface area contributed by atoms with Gasteiger partial charge in [-0.05, 0) is 27.7 Å². The minimum Gasteiger partial charge on any atom is -0.394 e. The smallest absolute Gasteiger partial charge is 0.164 e. The molecule has 2 unspecified atom stereocenters. The normalized spacial score (nSPS) is 40.0. The van der Waals surface area contributed by atoms with Crippen LogP contribution in [0.5, 0.6) is 0 Å². The van der Waals surface area contributed by atoms with Gasteiger partial charge in [0.15, 0.2) is 11.6 Å². The van der Waals surface area contributed by atoms with Crippen molar-refractivity contribution in [2.75, 3.05) is 13.2 Å². The van der Waals surface area contributed by atoms with Crippen LogP contribution in [0.2, 0.25) is 0 Å². The first-order valence-corrected chi connectivity index (χ1v) is 6.20. The second-order valence-electron chi connectivity index (χ2n) is 5.68. The van der Waals surface area contributed by atoms with Crippen molar-refractivity contribution in [1.82, 2.24) is 0 Å². The van der Waals surface area contributed by atoms with Gasteiger partial charge in [-0.1, -0.05) is 0 Å². The van der Waals surface area contributed by atoms with Crippen LogP contribution in [0.4, 0.5) is 0 Å². The average Bonchev–Trinajstić information content (AvgIpc) is 2.77. The number of aliphatic hydroxyl groups excluding tert-OH is 2. The van der Waals surface area contributed by atoms with Crippen molar-refractivity contribution in [3.8, 4) is 0 Å². The summed E-state index contributed by atoms with van der Waals surface area (Å²) in [7, 11) is 0. The molecule has 0 aliphatic carbocycles. The van der Waals surface area contributed by atoms with Crippen LogP contribution < -0.4 is 0 Å². The highest BCUT2D eigenvalue weighted by molar-refractivity contribution is 4.91. The minimum absolute atomic E-state index is 0.206. The summed E-state index contributed by atoms with van der Waals surface area (Å²) in [4.78, 5) is 0. The maximum atomic E-state index is 10.3. The van der Waals surface area contributed by atoms with E-state index in [2.05, 4.69) is 0 Å². The third-order valence-electron chi connectivity index (χ3n) is 3.15. The van der Waals surface area contributed by atoms with Crippen molar-refractivity contribution < 1.29 is 29.2 Å². The summed E-state index contributed by atoms with van der Waals surface area (Å²) in [5.41, 5.74) is 0. The first-order chi connectivity index (χ1) is 8.24. The molecule has 2 heterocycles. The molecular formula is C12H22O6. The van der Waals surface area contributed by atoms with Crippen molar-refractivity contribution in [3.63, 3.8) is 0 Å². The summed E-state index contributed by atoms with van der Waals surface area (Å²) in [6.07, 6.45) is -2.54. The highest BCUT2D eigenvalue weighted by atomic mass is 16.8. The van der Waals surface area contributed by atoms with E-state index < -0.39 is 36.0 Å². The fourth-order valence-corrected chi connectivity index (χ4v) is 2.39. The first kappa shape index (κ1) is 14.2. The highest BCUT2D eigenvalue weighted by Gasteiger charge is 2.49. The topological polar surface area (TPSA) is 77.4 Å². The van der Waals surface area contributed by atoms with Crippen LogP contribution in [0.25, 0.3) is 0 Å². The Kier molecular flexibility index (Phi) is 3.70. The summed E-state index contributed by atoms with van der Waals surface area (Å²) >= 11 is 0. The Morgan fingerprint density at radius 3 is 2.28 bits per heavy atom. The van der Waals surface area contributed by atoms with E-state index in [0.29, 0.717) is 6.61 Å². The molecule has 6 nitrogen and oxygen atoms in total. The average molecular weight is 262 g/mol. The van der Waals surface area contributed by atoms with Crippen LogP contribution in [-0.2, 0) is 18.9 Å². The van der Waals surface area contributed by atoms with Crippen LogP contribution in [0.1, 0.15) is 27.7 Å². The van der Waals surface area contributed by atoms with Gasteiger partial charge in [-0.2, -0.15) is 0 Å². The summed E-state index contributed by atoms with van der Waals surface area (Å²) in [5, 5.41) is 19.6. The van der Waals surface area contributed by atoms with E-state index in [4.69, 9.17) is 18.9 Å². The Labute approximate surface area is 107 Å². The number of hydrogen-bond acceptors (Lipinski definition) is 6. The van der Waals surface area contributed by atoms with Gasteiger partial charge < -0.3 is 29.2 Å². The number of hydrogen-bond donors (Lipinski definition) is 2. The number of aliphatic hydroxyl groups is 2. The van der Waals surface area contributed by atoms with E-state index in [1.165, 1.54) is 0 Å². The lowest BCUT2D eigenvalue weighted by Gasteiger charge is -2.26. The van der Waals surface area contributed by atoms with Gasteiger partial charge in [0, 0.05) is 0 Å². The van der Waals surface area contributed by atoms with Gasteiger partial charge in [0.25, 0.3) is 0 Å². The second kappa shape index (κ2) is 4.70. The molecule has 2 N–H and O–H groups in total. The Balaban J connectivity index is 2.02. The van der Waals surface area contributed by atoms with E-state index in [1.54, 1.807) is 27.7 Å². The van der Waals surface area contributed by atoms with Crippen LogP contribution in [0, 0.1) is 0 Å². The molecule has 0 spiro atoms. The van der Waals surface area contributed by atoms with Crippen molar-refractivity contribution >= 4 is 0 Å². The molecule has 106 valence electrons. The Bertz CT molecular complexity index is 303. The van der Waals surface area contributed by atoms with Crippen molar-refractivity contribution in [2.45, 2.75) is 63.7 Å². The monoisotopic (exact) mass is 262 g/mol. The standard InChI is InChI=1S/C12H22O6/c1-11(2)15-6-8(17-11)9(14)10-7(5-13)16-12(3,4)18-10/h7-10,13-14H,5-6H2,1-4H3/t7?,8?,9-,10+/m0/s1. The molecule has 4 atom stereocenters. The molecule has 0 amide bonds. The second-order valence-corrected chi connectivity index (χ2v) is 5.68. The van der Waals surface area contributed by atoms with Crippen LogP contribution in [0.15, 0.2) is 0 Å². The molecule has 0 aromatic heterocycles. The Morgan fingerprint density at radius 2 is 1.78 bits per heavy atom. The molecule has 6 heteroatoms. The summed E-state index contributed by atoms with van der Waals surface area (Å²) < 4.78 is 22.1. The Morgan fingerprint density at radius 1 is 1.11 bits per heavy atom. The van der Waals surface area contributed by atoms with Gasteiger partial charge in [-0.3, -0.25) is 0 Å². The lowest BCUT2D eigenvalue weighted by molar-refractivity contribution is -0.178. The van der Waals surface area contributed by atoms with E-state index >= 15 is 0 Å². The summed E-state index contributed by atoms with van der Waals surface area (Å²) in [5.74, 6) is -1.51. The molecule has 18 heavy (non-hydrogen) atoms. The summed E-state index contributed by atoms with van der Waals surface area (Å²) in [6, 6.07) is 0. The molecule has 2 saturated heterocycles. The van der Waals surface area contributed by atoms with Crippen molar-refractivity contribution in [2.24, 2.45) is 0 Å².